The number of nitrogens with one attached hydrogen (secondary N) is 1. The van der Waals surface area contributed by atoms with E-state index in [2.05, 4.69) is 5.32 Å². The van der Waals surface area contributed by atoms with Crippen molar-refractivity contribution < 1.29 is 14.3 Å². The Balaban J connectivity index is 1.61. The van der Waals surface area contributed by atoms with E-state index in [1.54, 1.807) is 24.3 Å². The van der Waals surface area contributed by atoms with Gasteiger partial charge in [0, 0.05) is 27.3 Å². The first-order valence-corrected chi connectivity index (χ1v) is 9.12. The third-order valence-corrected chi connectivity index (χ3v) is 5.62. The highest BCUT2D eigenvalue weighted by molar-refractivity contribution is 7.17. The summed E-state index contributed by atoms with van der Waals surface area (Å²) in [6.45, 7) is 4.04. The van der Waals surface area contributed by atoms with E-state index in [0.29, 0.717) is 22.7 Å². The number of hydrogen-bond donors (Lipinski definition) is 1. The van der Waals surface area contributed by atoms with Gasteiger partial charge in [-0.05, 0) is 55.8 Å². The molecule has 0 saturated carbocycles. The minimum absolute atomic E-state index is 0.00263. The van der Waals surface area contributed by atoms with E-state index in [4.69, 9.17) is 4.74 Å². The summed E-state index contributed by atoms with van der Waals surface area (Å²) in [5.74, 6) is 0.712. The molecule has 1 aliphatic rings. The van der Waals surface area contributed by atoms with E-state index in [1.807, 2.05) is 31.2 Å². The predicted octanol–water partition coefficient (Wildman–Crippen LogP) is 5.07. The van der Waals surface area contributed by atoms with Crippen LogP contribution in [0, 0.1) is 6.92 Å². The Bertz CT molecular complexity index is 1020. The third-order valence-electron chi connectivity index (χ3n) is 4.43. The first kappa shape index (κ1) is 16.5. The number of thiophene rings is 1. The number of Topliss-reactive ketones (excluding diaryl/α,β-unsaturated/α-hetero) is 1. The maximum Gasteiger partial charge on any atom is 0.265 e. The van der Waals surface area contributed by atoms with Crippen molar-refractivity contribution in [1.29, 1.82) is 0 Å². The van der Waals surface area contributed by atoms with Gasteiger partial charge in [0.25, 0.3) is 5.91 Å². The highest BCUT2D eigenvalue weighted by Gasteiger charge is 2.24. The predicted molar refractivity (Wildman–Crippen MR) is 103 cm³/mol. The average Bonchev–Trinajstić information content (AvgIpc) is 3.06. The van der Waals surface area contributed by atoms with Crippen molar-refractivity contribution in [3.63, 3.8) is 0 Å². The van der Waals surface area contributed by atoms with E-state index in [9.17, 15) is 9.59 Å². The Hall–Kier alpha value is -2.92. The van der Waals surface area contributed by atoms with Crippen molar-refractivity contribution in [2.24, 2.45) is 0 Å². The second-order valence-corrected chi connectivity index (χ2v) is 7.34. The molecule has 26 heavy (non-hydrogen) atoms. The summed E-state index contributed by atoms with van der Waals surface area (Å²) >= 11 is 1.48. The molecule has 3 aromatic rings. The second kappa shape index (κ2) is 6.42. The van der Waals surface area contributed by atoms with Gasteiger partial charge < -0.3 is 10.1 Å². The standard InChI is InChI=1S/C21H17NO3S/c1-12-4-3-5-17-19(12)20-15(11-25-17)10-18(26-20)21(24)22-16-8-6-14(7-9-16)13(2)23/h3-10H,11H2,1-2H3,(H,22,24). The zero-order valence-corrected chi connectivity index (χ0v) is 15.3. The molecule has 0 atom stereocenters. The number of hydrogen-bond acceptors (Lipinski definition) is 4. The van der Waals surface area contributed by atoms with Crippen molar-refractivity contribution in [2.45, 2.75) is 20.5 Å². The molecule has 4 rings (SSSR count). The van der Waals surface area contributed by atoms with Crippen molar-refractivity contribution in [2.75, 3.05) is 5.32 Å². The molecule has 1 N–H and O–H groups in total. The van der Waals surface area contributed by atoms with Gasteiger partial charge >= 0.3 is 0 Å². The molecule has 0 unspecified atom stereocenters. The molecule has 2 aromatic carbocycles. The van der Waals surface area contributed by atoms with Gasteiger partial charge in [0.05, 0.1) is 4.88 Å². The molecule has 1 amide bonds. The molecule has 130 valence electrons. The molecule has 0 fully saturated rings. The first-order chi connectivity index (χ1) is 12.5. The maximum absolute atomic E-state index is 12.6. The molecule has 5 heteroatoms. The summed E-state index contributed by atoms with van der Waals surface area (Å²) < 4.78 is 5.82. The minimum atomic E-state index is -0.157. The lowest BCUT2D eigenvalue weighted by atomic mass is 10.0. The summed E-state index contributed by atoms with van der Waals surface area (Å²) in [4.78, 5) is 25.7. The molecule has 1 aliphatic heterocycles. The molecule has 0 radical (unpaired) electrons. The molecule has 1 aromatic heterocycles. The van der Waals surface area contributed by atoms with Gasteiger partial charge in [-0.1, -0.05) is 12.1 Å². The topological polar surface area (TPSA) is 55.4 Å². The lowest BCUT2D eigenvalue weighted by Crippen LogP contribution is -2.10. The van der Waals surface area contributed by atoms with Crippen LogP contribution in [-0.2, 0) is 6.61 Å². The summed E-state index contributed by atoms with van der Waals surface area (Å²) in [5.41, 5.74) is 4.53. The van der Waals surface area contributed by atoms with Crippen molar-refractivity contribution in [3.05, 3.63) is 70.1 Å². The Morgan fingerprint density at radius 2 is 1.88 bits per heavy atom. The molecular weight excluding hydrogens is 346 g/mol. The fraction of sp³-hybridized carbons (Fsp3) is 0.143. The fourth-order valence-electron chi connectivity index (χ4n) is 3.05. The van der Waals surface area contributed by atoms with Crippen LogP contribution in [0.5, 0.6) is 5.75 Å². The highest BCUT2D eigenvalue weighted by Crippen LogP contribution is 2.44. The molecule has 0 saturated heterocycles. The van der Waals surface area contributed by atoms with Crippen molar-refractivity contribution in [1.82, 2.24) is 0 Å². The van der Waals surface area contributed by atoms with Gasteiger partial charge in [-0.25, -0.2) is 0 Å². The summed E-state index contributed by atoms with van der Waals surface area (Å²) in [6, 6.07) is 14.8. The van der Waals surface area contributed by atoms with Gasteiger partial charge in [0.2, 0.25) is 0 Å². The van der Waals surface area contributed by atoms with Crippen LogP contribution in [0.1, 0.15) is 38.1 Å². The molecule has 4 nitrogen and oxygen atoms in total. The zero-order valence-electron chi connectivity index (χ0n) is 14.5. The number of anilines is 1. The van der Waals surface area contributed by atoms with Crippen LogP contribution < -0.4 is 10.1 Å². The van der Waals surface area contributed by atoms with Gasteiger partial charge in [-0.2, -0.15) is 0 Å². The van der Waals surface area contributed by atoms with Crippen LogP contribution in [-0.4, -0.2) is 11.7 Å². The highest BCUT2D eigenvalue weighted by atomic mass is 32.1. The van der Waals surface area contributed by atoms with Crippen LogP contribution in [0.3, 0.4) is 0 Å². The quantitative estimate of drug-likeness (QED) is 0.661. The summed E-state index contributed by atoms with van der Waals surface area (Å²) in [5, 5.41) is 2.89. The summed E-state index contributed by atoms with van der Waals surface area (Å²) in [7, 11) is 0. The van der Waals surface area contributed by atoms with E-state index >= 15 is 0 Å². The number of benzene rings is 2. The normalized spacial score (nSPS) is 11.9. The van der Waals surface area contributed by atoms with Gasteiger partial charge in [-0.15, -0.1) is 11.3 Å². The Kier molecular flexibility index (Phi) is 4.09. The Morgan fingerprint density at radius 3 is 2.62 bits per heavy atom. The van der Waals surface area contributed by atoms with Gasteiger partial charge in [0.15, 0.2) is 5.78 Å². The van der Waals surface area contributed by atoms with Gasteiger partial charge in [0.1, 0.15) is 12.4 Å². The van der Waals surface area contributed by atoms with Crippen LogP contribution in [0.15, 0.2) is 48.5 Å². The van der Waals surface area contributed by atoms with E-state index in [-0.39, 0.29) is 11.7 Å². The average molecular weight is 363 g/mol. The van der Waals surface area contributed by atoms with Crippen LogP contribution in [0.4, 0.5) is 5.69 Å². The number of ether oxygens (including phenoxy) is 1. The molecule has 0 spiro atoms. The number of carbonyl (C=O) groups excluding carboxylic acids is 2. The SMILES string of the molecule is CC(=O)c1ccc(NC(=O)c2cc3c(s2)-c2c(C)cccc2OC3)cc1. The van der Waals surface area contributed by atoms with E-state index in [1.165, 1.54) is 18.3 Å². The number of ketones is 1. The minimum Gasteiger partial charge on any atom is -0.488 e. The lowest BCUT2D eigenvalue weighted by Gasteiger charge is -2.19. The fourth-order valence-corrected chi connectivity index (χ4v) is 4.23. The van der Waals surface area contributed by atoms with Crippen LogP contribution in [0.25, 0.3) is 10.4 Å². The largest absolute Gasteiger partial charge is 0.488 e. The first-order valence-electron chi connectivity index (χ1n) is 8.31. The molecule has 2 heterocycles. The van der Waals surface area contributed by atoms with Crippen molar-refractivity contribution >= 4 is 28.7 Å². The monoisotopic (exact) mass is 363 g/mol. The number of carbonyl (C=O) groups is 2. The number of fused-ring (bicyclic) bond motifs is 3. The van der Waals surface area contributed by atoms with Crippen LogP contribution in [0.2, 0.25) is 0 Å². The third kappa shape index (κ3) is 2.91. The van der Waals surface area contributed by atoms with Gasteiger partial charge in [-0.3, -0.25) is 9.59 Å². The van der Waals surface area contributed by atoms with Crippen molar-refractivity contribution in [3.8, 4) is 16.2 Å². The Morgan fingerprint density at radius 1 is 1.12 bits per heavy atom. The lowest BCUT2D eigenvalue weighted by molar-refractivity contribution is 0.101. The number of amides is 1. The van der Waals surface area contributed by atoms with Crippen LogP contribution >= 0.6 is 11.3 Å². The second-order valence-electron chi connectivity index (χ2n) is 6.29. The number of rotatable bonds is 3. The molecule has 0 bridgehead atoms. The Labute approximate surface area is 155 Å². The summed E-state index contributed by atoms with van der Waals surface area (Å²) in [6.07, 6.45) is 0. The maximum atomic E-state index is 12.6. The zero-order chi connectivity index (χ0) is 18.3. The van der Waals surface area contributed by atoms with E-state index < -0.39 is 0 Å². The number of aryl methyl sites for hydroxylation is 1. The molecular formula is C21H17NO3S. The smallest absolute Gasteiger partial charge is 0.265 e. The van der Waals surface area contributed by atoms with E-state index in [0.717, 1.165) is 27.3 Å². The molecule has 0 aliphatic carbocycles.